The number of carbonyl (C=O) groups is 1. The normalized spacial score (nSPS) is 14.4. The molecule has 0 aliphatic heterocycles. The van der Waals surface area contributed by atoms with Crippen molar-refractivity contribution in [3.8, 4) is 0 Å². The summed E-state index contributed by atoms with van der Waals surface area (Å²) in [6.07, 6.45) is 86.7. The molecular formula is C70H127N2O6P. The maximum atomic E-state index is 13.0. The topological polar surface area (TPSA) is 108 Å². The third-order valence-electron chi connectivity index (χ3n) is 14.5. The van der Waals surface area contributed by atoms with Crippen molar-refractivity contribution in [3.05, 3.63) is 97.2 Å². The number of hydrogen-bond acceptors (Lipinski definition) is 6. The molecule has 0 aliphatic carbocycles. The van der Waals surface area contributed by atoms with E-state index in [2.05, 4.69) is 104 Å². The summed E-state index contributed by atoms with van der Waals surface area (Å²) in [5, 5.41) is 13.9. The maximum absolute atomic E-state index is 13.0. The quantitative estimate of drug-likeness (QED) is 0.0272. The average Bonchev–Trinajstić information content (AvgIpc) is 3.42. The molecule has 0 fully saturated rings. The largest absolute Gasteiger partial charge is 0.756 e. The van der Waals surface area contributed by atoms with Crippen molar-refractivity contribution < 1.29 is 32.9 Å². The predicted molar refractivity (Wildman–Crippen MR) is 343 cm³/mol. The van der Waals surface area contributed by atoms with Crippen molar-refractivity contribution in [2.24, 2.45) is 0 Å². The summed E-state index contributed by atoms with van der Waals surface area (Å²) in [7, 11) is 1.22. The molecule has 2 N–H and O–H groups in total. The number of allylic oxidation sites excluding steroid dienone is 15. The Hall–Kier alpha value is -2.58. The van der Waals surface area contributed by atoms with Crippen LogP contribution in [-0.4, -0.2) is 68.5 Å². The molecule has 0 bridgehead atoms. The fraction of sp³-hybridized carbons (Fsp3) is 0.757. The van der Waals surface area contributed by atoms with Crippen LogP contribution in [0.5, 0.6) is 0 Å². The van der Waals surface area contributed by atoms with Crippen molar-refractivity contribution >= 4 is 13.7 Å². The Labute approximate surface area is 489 Å². The molecule has 0 aliphatic rings. The van der Waals surface area contributed by atoms with Gasteiger partial charge in [-0.2, -0.15) is 0 Å². The number of amides is 1. The molecule has 0 heterocycles. The van der Waals surface area contributed by atoms with Gasteiger partial charge in [-0.3, -0.25) is 9.36 Å². The van der Waals surface area contributed by atoms with E-state index in [4.69, 9.17) is 9.05 Å². The molecule has 0 spiro atoms. The highest BCUT2D eigenvalue weighted by Gasteiger charge is 2.23. The molecule has 79 heavy (non-hydrogen) atoms. The molecule has 1 amide bonds. The molecule has 3 atom stereocenters. The lowest BCUT2D eigenvalue weighted by Gasteiger charge is -2.29. The van der Waals surface area contributed by atoms with Crippen molar-refractivity contribution in [1.82, 2.24) is 5.32 Å². The molecule has 0 saturated carbocycles. The van der Waals surface area contributed by atoms with Crippen LogP contribution in [0, 0.1) is 0 Å². The summed E-state index contributed by atoms with van der Waals surface area (Å²) in [5.74, 6) is -0.223. The number of hydrogen-bond donors (Lipinski definition) is 2. The Morgan fingerprint density at radius 1 is 0.456 bits per heavy atom. The van der Waals surface area contributed by atoms with E-state index in [0.717, 1.165) is 103 Å². The van der Waals surface area contributed by atoms with Crippen LogP contribution < -0.4 is 10.2 Å². The Balaban J connectivity index is 4.19. The van der Waals surface area contributed by atoms with Gasteiger partial charge in [0, 0.05) is 6.42 Å². The summed E-state index contributed by atoms with van der Waals surface area (Å²) < 4.78 is 23.4. The highest BCUT2D eigenvalue weighted by molar-refractivity contribution is 7.45. The van der Waals surface area contributed by atoms with Gasteiger partial charge in [-0.15, -0.1) is 0 Å². The smallest absolute Gasteiger partial charge is 0.268 e. The van der Waals surface area contributed by atoms with E-state index in [0.29, 0.717) is 17.4 Å². The highest BCUT2D eigenvalue weighted by atomic mass is 31.2. The summed E-state index contributed by atoms with van der Waals surface area (Å²) in [4.78, 5) is 25.6. The van der Waals surface area contributed by atoms with Gasteiger partial charge in [0.05, 0.1) is 39.9 Å². The number of carbonyl (C=O) groups excluding carboxylic acids is 1. The minimum atomic E-state index is -4.62. The monoisotopic (exact) mass is 1120 g/mol. The van der Waals surface area contributed by atoms with Crippen LogP contribution in [-0.2, 0) is 18.4 Å². The Morgan fingerprint density at radius 2 is 0.785 bits per heavy atom. The number of aliphatic hydroxyl groups excluding tert-OH is 1. The Morgan fingerprint density at radius 3 is 1.18 bits per heavy atom. The van der Waals surface area contributed by atoms with Crippen LogP contribution in [0.1, 0.15) is 290 Å². The molecular weight excluding hydrogens is 996 g/mol. The maximum Gasteiger partial charge on any atom is 0.268 e. The van der Waals surface area contributed by atoms with E-state index >= 15 is 0 Å². The fourth-order valence-electron chi connectivity index (χ4n) is 9.41. The van der Waals surface area contributed by atoms with Crippen molar-refractivity contribution in [2.45, 2.75) is 302 Å². The molecule has 0 saturated heterocycles. The molecule has 0 rings (SSSR count). The van der Waals surface area contributed by atoms with E-state index < -0.39 is 26.6 Å². The Kier molecular flexibility index (Phi) is 58.1. The van der Waals surface area contributed by atoms with Gasteiger partial charge in [0.25, 0.3) is 7.82 Å². The van der Waals surface area contributed by atoms with Gasteiger partial charge < -0.3 is 28.8 Å². The van der Waals surface area contributed by atoms with Crippen LogP contribution in [0.2, 0.25) is 0 Å². The fourth-order valence-corrected chi connectivity index (χ4v) is 10.1. The van der Waals surface area contributed by atoms with Crippen LogP contribution in [0.25, 0.3) is 0 Å². The van der Waals surface area contributed by atoms with Gasteiger partial charge in [-0.05, 0) is 83.5 Å². The number of rotatable bonds is 60. The first-order valence-electron chi connectivity index (χ1n) is 33.1. The number of nitrogens with one attached hydrogen (secondary N) is 1. The molecule has 458 valence electrons. The van der Waals surface area contributed by atoms with Crippen molar-refractivity contribution in [2.75, 3.05) is 40.9 Å². The van der Waals surface area contributed by atoms with Gasteiger partial charge in [-0.25, -0.2) is 0 Å². The van der Waals surface area contributed by atoms with E-state index in [-0.39, 0.29) is 12.5 Å². The van der Waals surface area contributed by atoms with E-state index in [1.165, 1.54) is 167 Å². The van der Waals surface area contributed by atoms with Gasteiger partial charge in [0.2, 0.25) is 5.91 Å². The number of aliphatic hydroxyl groups is 1. The zero-order chi connectivity index (χ0) is 57.7. The minimum absolute atomic E-state index is 0.0144. The lowest BCUT2D eigenvalue weighted by atomic mass is 10.0. The number of quaternary nitrogens is 1. The van der Waals surface area contributed by atoms with Crippen LogP contribution >= 0.6 is 7.82 Å². The molecule has 3 unspecified atom stereocenters. The minimum Gasteiger partial charge on any atom is -0.756 e. The molecule has 0 aromatic carbocycles. The number of likely N-dealkylation sites (N-methyl/N-ethyl adjacent to an activating group) is 1. The first kappa shape index (κ1) is 76.4. The Bertz CT molecular complexity index is 1610. The second kappa shape index (κ2) is 60.0. The first-order chi connectivity index (χ1) is 38.5. The molecule has 9 heteroatoms. The third-order valence-corrected chi connectivity index (χ3v) is 15.5. The van der Waals surface area contributed by atoms with Crippen LogP contribution in [0.15, 0.2) is 97.2 Å². The van der Waals surface area contributed by atoms with E-state index in [9.17, 15) is 19.4 Å². The third kappa shape index (κ3) is 62.9. The highest BCUT2D eigenvalue weighted by Crippen LogP contribution is 2.38. The van der Waals surface area contributed by atoms with Gasteiger partial charge in [-0.1, -0.05) is 297 Å². The van der Waals surface area contributed by atoms with E-state index in [1.807, 2.05) is 27.2 Å². The van der Waals surface area contributed by atoms with E-state index in [1.54, 1.807) is 6.08 Å². The molecule has 0 aromatic heterocycles. The lowest BCUT2D eigenvalue weighted by molar-refractivity contribution is -0.870. The summed E-state index contributed by atoms with van der Waals surface area (Å²) in [6.45, 7) is 4.52. The SMILES string of the molecule is CC/C=C\C/C=C\C/C=C\C/C=C\C/C=C\C/C=C\CCCCCCCCC(=O)NC(COP(=O)([O-])OCC[N+](C)(C)C)C(O)/C=C/CC/C=C/CCCCCCCCCCCCCCCCCCCCCCCCCCCC. The van der Waals surface area contributed by atoms with Gasteiger partial charge in [0.15, 0.2) is 0 Å². The number of phosphoric acid groups is 1. The standard InChI is InChI=1S/C70H127N2O6P/c1-6-8-10-12-14-16-18-20-22-24-26-28-30-32-33-34-35-36-37-38-40-41-43-45-47-49-51-53-55-57-59-61-63-69(73)68(67-78-79(75,76)77-66-65-72(3,4)5)71-70(74)64-62-60-58-56-54-52-50-48-46-44-42-39-31-29-27-25-23-21-19-17-15-13-11-9-7-2/h9,11,15,17,21,23,27,29,39,42,46,48,53,55,61,63,68-69,73H,6-8,10,12-14,16,18-20,22,24-26,28,30-38,40-41,43-45,47,49-52,54,56-60,62,64-67H2,1-5H3,(H-,71,74,75,76)/b11-9-,17-15-,23-21-,29-27-,42-39-,48-46-,55-53+,63-61+. The van der Waals surface area contributed by atoms with Crippen LogP contribution in [0.4, 0.5) is 0 Å². The van der Waals surface area contributed by atoms with Crippen molar-refractivity contribution in [3.63, 3.8) is 0 Å². The molecule has 0 aromatic rings. The second-order valence-corrected chi connectivity index (χ2v) is 24.8. The lowest BCUT2D eigenvalue weighted by Crippen LogP contribution is -2.45. The number of unbranched alkanes of at least 4 members (excludes halogenated alkanes) is 33. The molecule has 0 radical (unpaired) electrons. The predicted octanol–water partition coefficient (Wildman–Crippen LogP) is 20.3. The zero-order valence-electron chi connectivity index (χ0n) is 52.3. The first-order valence-corrected chi connectivity index (χ1v) is 34.6. The van der Waals surface area contributed by atoms with Gasteiger partial charge in [0.1, 0.15) is 13.2 Å². The van der Waals surface area contributed by atoms with Gasteiger partial charge >= 0.3 is 0 Å². The van der Waals surface area contributed by atoms with Crippen molar-refractivity contribution in [1.29, 1.82) is 0 Å². The number of phosphoric ester groups is 1. The molecule has 8 nitrogen and oxygen atoms in total. The second-order valence-electron chi connectivity index (χ2n) is 23.4. The summed E-state index contributed by atoms with van der Waals surface area (Å²) in [5.41, 5.74) is 0. The van der Waals surface area contributed by atoms with Crippen LogP contribution in [0.3, 0.4) is 0 Å². The summed E-state index contributed by atoms with van der Waals surface area (Å²) in [6, 6.07) is -0.920. The zero-order valence-corrected chi connectivity index (χ0v) is 53.2. The summed E-state index contributed by atoms with van der Waals surface area (Å²) >= 11 is 0. The average molecular weight is 1120 g/mol. The number of nitrogens with zero attached hydrogens (tertiary/aromatic N) is 1.